The summed E-state index contributed by atoms with van der Waals surface area (Å²) in [6.07, 6.45) is 7.83. The van der Waals surface area contributed by atoms with Gasteiger partial charge in [-0.1, -0.05) is 12.1 Å². The van der Waals surface area contributed by atoms with E-state index in [1.807, 2.05) is 42.3 Å². The SMILES string of the molecule is Cn1ccc2cccc(NC(=O)NCC3CCN(c4ccncc4)CC3)c21. The van der Waals surface area contributed by atoms with E-state index < -0.39 is 0 Å². The highest BCUT2D eigenvalue weighted by atomic mass is 16.2. The van der Waals surface area contributed by atoms with Crippen LogP contribution in [0.2, 0.25) is 0 Å². The van der Waals surface area contributed by atoms with E-state index in [-0.39, 0.29) is 6.03 Å². The lowest BCUT2D eigenvalue weighted by Crippen LogP contribution is -2.39. The number of hydrogen-bond acceptors (Lipinski definition) is 3. The molecule has 4 rings (SSSR count). The zero-order valence-corrected chi connectivity index (χ0v) is 15.6. The molecule has 0 bridgehead atoms. The zero-order valence-electron chi connectivity index (χ0n) is 15.6. The number of carbonyl (C=O) groups excluding carboxylic acids is 1. The molecular weight excluding hydrogens is 338 g/mol. The van der Waals surface area contributed by atoms with Crippen molar-refractivity contribution in [3.63, 3.8) is 0 Å². The average Bonchev–Trinajstić information content (AvgIpc) is 3.09. The highest BCUT2D eigenvalue weighted by Gasteiger charge is 2.20. The third kappa shape index (κ3) is 3.89. The Labute approximate surface area is 159 Å². The molecule has 1 fully saturated rings. The molecule has 2 aromatic heterocycles. The van der Waals surface area contributed by atoms with Gasteiger partial charge in [0.1, 0.15) is 0 Å². The van der Waals surface area contributed by atoms with E-state index >= 15 is 0 Å². The molecular formula is C21H25N5O. The van der Waals surface area contributed by atoms with Gasteiger partial charge in [-0.25, -0.2) is 4.79 Å². The Kier molecular flexibility index (Phi) is 4.96. The van der Waals surface area contributed by atoms with Crippen LogP contribution in [0.1, 0.15) is 12.8 Å². The van der Waals surface area contributed by atoms with Crippen LogP contribution in [0.3, 0.4) is 0 Å². The normalized spacial score (nSPS) is 15.1. The Morgan fingerprint density at radius 1 is 1.15 bits per heavy atom. The molecule has 140 valence electrons. The maximum absolute atomic E-state index is 12.4. The van der Waals surface area contributed by atoms with Gasteiger partial charge in [0.15, 0.2) is 0 Å². The third-order valence-electron chi connectivity index (χ3n) is 5.34. The van der Waals surface area contributed by atoms with E-state index in [1.54, 1.807) is 0 Å². The van der Waals surface area contributed by atoms with Crippen LogP contribution in [-0.2, 0) is 7.05 Å². The van der Waals surface area contributed by atoms with E-state index in [0.29, 0.717) is 12.5 Å². The zero-order chi connectivity index (χ0) is 18.6. The number of hydrogen-bond donors (Lipinski definition) is 2. The molecule has 0 saturated carbocycles. The molecule has 0 radical (unpaired) electrons. The lowest BCUT2D eigenvalue weighted by atomic mass is 9.96. The number of para-hydroxylation sites is 1. The number of carbonyl (C=O) groups is 1. The molecule has 0 unspecified atom stereocenters. The topological polar surface area (TPSA) is 62.2 Å². The largest absolute Gasteiger partial charge is 0.371 e. The minimum absolute atomic E-state index is 0.139. The molecule has 27 heavy (non-hydrogen) atoms. The van der Waals surface area contributed by atoms with E-state index in [1.165, 1.54) is 5.69 Å². The second-order valence-electron chi connectivity index (χ2n) is 7.14. The van der Waals surface area contributed by atoms with Crippen LogP contribution in [0.4, 0.5) is 16.2 Å². The second kappa shape index (κ2) is 7.70. The van der Waals surface area contributed by atoms with Crippen LogP contribution in [0, 0.1) is 5.92 Å². The van der Waals surface area contributed by atoms with Gasteiger partial charge in [-0.3, -0.25) is 4.98 Å². The first-order valence-electron chi connectivity index (χ1n) is 9.44. The average molecular weight is 363 g/mol. The van der Waals surface area contributed by atoms with E-state index in [9.17, 15) is 4.79 Å². The number of piperidine rings is 1. The van der Waals surface area contributed by atoms with Crippen molar-refractivity contribution in [1.29, 1.82) is 0 Å². The summed E-state index contributed by atoms with van der Waals surface area (Å²) in [5, 5.41) is 7.17. The van der Waals surface area contributed by atoms with Crippen molar-refractivity contribution in [3.05, 3.63) is 55.0 Å². The summed E-state index contributed by atoms with van der Waals surface area (Å²) < 4.78 is 2.03. The fourth-order valence-corrected chi connectivity index (χ4v) is 3.81. The second-order valence-corrected chi connectivity index (χ2v) is 7.14. The van der Waals surface area contributed by atoms with Gasteiger partial charge in [0, 0.05) is 56.3 Å². The lowest BCUT2D eigenvalue weighted by Gasteiger charge is -2.33. The van der Waals surface area contributed by atoms with E-state index in [0.717, 1.165) is 42.5 Å². The van der Waals surface area contributed by atoms with Crippen molar-refractivity contribution in [1.82, 2.24) is 14.9 Å². The Morgan fingerprint density at radius 3 is 2.70 bits per heavy atom. The van der Waals surface area contributed by atoms with Crippen LogP contribution >= 0.6 is 0 Å². The maximum Gasteiger partial charge on any atom is 0.319 e. The minimum Gasteiger partial charge on any atom is -0.371 e. The van der Waals surface area contributed by atoms with Gasteiger partial charge < -0.3 is 20.1 Å². The number of fused-ring (bicyclic) bond motifs is 1. The van der Waals surface area contributed by atoms with Gasteiger partial charge in [-0.2, -0.15) is 0 Å². The molecule has 3 aromatic rings. The number of aryl methyl sites for hydroxylation is 1. The molecule has 3 heterocycles. The van der Waals surface area contributed by atoms with Crippen molar-refractivity contribution >= 4 is 28.3 Å². The van der Waals surface area contributed by atoms with Crippen LogP contribution < -0.4 is 15.5 Å². The summed E-state index contributed by atoms with van der Waals surface area (Å²) >= 11 is 0. The smallest absolute Gasteiger partial charge is 0.319 e. The molecule has 1 aliphatic heterocycles. The van der Waals surface area contributed by atoms with Crippen molar-refractivity contribution in [2.75, 3.05) is 29.9 Å². The maximum atomic E-state index is 12.4. The standard InChI is InChI=1S/C21H25N5O/c1-25-12-9-17-3-2-4-19(20(17)25)24-21(27)23-15-16-7-13-26(14-8-16)18-5-10-22-11-6-18/h2-6,9-12,16H,7-8,13-15H2,1H3,(H2,23,24,27). The molecule has 0 aliphatic carbocycles. The van der Waals surface area contributed by atoms with Gasteiger partial charge in [0.25, 0.3) is 0 Å². The number of pyridine rings is 1. The van der Waals surface area contributed by atoms with Crippen LogP contribution in [0.15, 0.2) is 55.0 Å². The number of benzene rings is 1. The summed E-state index contributed by atoms with van der Waals surface area (Å²) in [5.41, 5.74) is 3.10. The summed E-state index contributed by atoms with van der Waals surface area (Å²) in [4.78, 5) is 18.8. The molecule has 1 saturated heterocycles. The predicted molar refractivity (Wildman–Crippen MR) is 109 cm³/mol. The first-order chi connectivity index (χ1) is 13.2. The van der Waals surface area contributed by atoms with E-state index in [2.05, 4.69) is 44.8 Å². The fraction of sp³-hybridized carbons (Fsp3) is 0.333. The Balaban J connectivity index is 1.28. The molecule has 0 spiro atoms. The lowest BCUT2D eigenvalue weighted by molar-refractivity contribution is 0.248. The van der Waals surface area contributed by atoms with Crippen molar-refractivity contribution < 1.29 is 4.79 Å². The van der Waals surface area contributed by atoms with Crippen molar-refractivity contribution in [2.24, 2.45) is 13.0 Å². The third-order valence-corrected chi connectivity index (χ3v) is 5.34. The van der Waals surface area contributed by atoms with Gasteiger partial charge >= 0.3 is 6.03 Å². The summed E-state index contributed by atoms with van der Waals surface area (Å²) in [5.74, 6) is 0.514. The quantitative estimate of drug-likeness (QED) is 0.744. The molecule has 6 nitrogen and oxygen atoms in total. The number of nitrogens with one attached hydrogen (secondary N) is 2. The summed E-state index contributed by atoms with van der Waals surface area (Å²) in [6, 6.07) is 12.0. The van der Waals surface area contributed by atoms with Crippen LogP contribution in [0.25, 0.3) is 10.9 Å². The Bertz CT molecular complexity index is 913. The van der Waals surface area contributed by atoms with E-state index in [4.69, 9.17) is 0 Å². The highest BCUT2D eigenvalue weighted by Crippen LogP contribution is 2.24. The molecule has 0 atom stereocenters. The first kappa shape index (κ1) is 17.4. The molecule has 1 aromatic carbocycles. The Hall–Kier alpha value is -3.02. The predicted octanol–water partition coefficient (Wildman–Crippen LogP) is 3.61. The van der Waals surface area contributed by atoms with Gasteiger partial charge in [-0.05, 0) is 43.0 Å². The summed E-state index contributed by atoms with van der Waals surface area (Å²) in [6.45, 7) is 2.74. The Morgan fingerprint density at radius 2 is 1.93 bits per heavy atom. The van der Waals surface area contributed by atoms with Crippen molar-refractivity contribution in [3.8, 4) is 0 Å². The number of aromatic nitrogens is 2. The monoisotopic (exact) mass is 363 g/mol. The molecule has 6 heteroatoms. The number of rotatable bonds is 4. The van der Waals surface area contributed by atoms with Gasteiger partial charge in [0.05, 0.1) is 11.2 Å². The number of amides is 2. The highest BCUT2D eigenvalue weighted by molar-refractivity contribution is 6.00. The molecule has 1 aliphatic rings. The molecule has 2 amide bonds. The minimum atomic E-state index is -0.139. The number of nitrogens with zero attached hydrogens (tertiary/aromatic N) is 3. The van der Waals surface area contributed by atoms with Gasteiger partial charge in [0.2, 0.25) is 0 Å². The number of anilines is 2. The van der Waals surface area contributed by atoms with Gasteiger partial charge in [-0.15, -0.1) is 0 Å². The van der Waals surface area contributed by atoms with Crippen molar-refractivity contribution in [2.45, 2.75) is 12.8 Å². The summed E-state index contributed by atoms with van der Waals surface area (Å²) in [7, 11) is 1.99. The fourth-order valence-electron chi connectivity index (χ4n) is 3.81. The number of urea groups is 1. The van der Waals surface area contributed by atoms with Crippen LogP contribution in [-0.4, -0.2) is 35.2 Å². The first-order valence-corrected chi connectivity index (χ1v) is 9.44. The van der Waals surface area contributed by atoms with Crippen LogP contribution in [0.5, 0.6) is 0 Å². The molecule has 2 N–H and O–H groups in total.